The average molecular weight is 286 g/mol. The maximum Gasteiger partial charge on any atom is 0.416 e. The number of carboxylic acid groups (broad SMARTS) is 1. The second kappa shape index (κ2) is 4.70. The Kier molecular flexibility index (Phi) is 3.36. The molecule has 1 aromatic heterocycles. The maximum atomic E-state index is 12.7. The first-order chi connectivity index (χ1) is 8.77. The normalized spacial score (nSPS) is 11.6. The van der Waals surface area contributed by atoms with Crippen molar-refractivity contribution >= 4 is 17.3 Å². The molecule has 0 radical (unpaired) electrons. The van der Waals surface area contributed by atoms with Crippen LogP contribution in [0.3, 0.4) is 0 Å². The van der Waals surface area contributed by atoms with Crippen LogP contribution in [0.4, 0.5) is 13.2 Å². The molecular formula is C13H9F3O2S. The van der Waals surface area contributed by atoms with Crippen LogP contribution >= 0.6 is 11.3 Å². The summed E-state index contributed by atoms with van der Waals surface area (Å²) in [6, 6.07) is 4.60. The number of alkyl halides is 3. The number of thiophene rings is 1. The van der Waals surface area contributed by atoms with E-state index in [1.165, 1.54) is 17.4 Å². The van der Waals surface area contributed by atoms with Crippen LogP contribution in [0.2, 0.25) is 0 Å². The molecule has 0 unspecified atom stereocenters. The Hall–Kier alpha value is -1.82. The quantitative estimate of drug-likeness (QED) is 0.886. The Balaban J connectivity index is 2.61. The van der Waals surface area contributed by atoms with Crippen LogP contribution in [-0.2, 0) is 6.18 Å². The number of benzene rings is 1. The minimum atomic E-state index is -4.56. The SMILES string of the molecule is Cc1csc(-c2cc(C(=O)O)cc(C(F)(F)F)c2)c1. The van der Waals surface area contributed by atoms with Crippen molar-refractivity contribution in [1.29, 1.82) is 0 Å². The highest BCUT2D eigenvalue weighted by atomic mass is 32.1. The van der Waals surface area contributed by atoms with Crippen molar-refractivity contribution in [2.75, 3.05) is 0 Å². The molecule has 19 heavy (non-hydrogen) atoms. The fourth-order valence-electron chi connectivity index (χ4n) is 1.64. The number of aryl methyl sites for hydroxylation is 1. The minimum absolute atomic E-state index is 0.269. The Labute approximate surface area is 111 Å². The number of carbonyl (C=O) groups is 1. The fourth-order valence-corrected chi connectivity index (χ4v) is 2.53. The van der Waals surface area contributed by atoms with E-state index >= 15 is 0 Å². The van der Waals surface area contributed by atoms with Crippen LogP contribution in [0.25, 0.3) is 10.4 Å². The summed E-state index contributed by atoms with van der Waals surface area (Å²) < 4.78 is 38.2. The molecule has 0 spiro atoms. The molecule has 0 fully saturated rings. The van der Waals surface area contributed by atoms with Crippen LogP contribution in [0.1, 0.15) is 21.5 Å². The van der Waals surface area contributed by atoms with E-state index in [2.05, 4.69) is 0 Å². The van der Waals surface area contributed by atoms with Gasteiger partial charge >= 0.3 is 12.1 Å². The van der Waals surface area contributed by atoms with Crippen molar-refractivity contribution in [2.24, 2.45) is 0 Å². The summed E-state index contributed by atoms with van der Waals surface area (Å²) in [5, 5.41) is 10.7. The summed E-state index contributed by atoms with van der Waals surface area (Å²) in [4.78, 5) is 11.5. The number of aromatic carboxylic acids is 1. The molecule has 1 aromatic carbocycles. The van der Waals surface area contributed by atoms with Crippen LogP contribution in [0, 0.1) is 6.92 Å². The van der Waals surface area contributed by atoms with Crippen LogP contribution < -0.4 is 0 Å². The van der Waals surface area contributed by atoms with E-state index in [1.807, 2.05) is 6.92 Å². The zero-order chi connectivity index (χ0) is 14.2. The first-order valence-electron chi connectivity index (χ1n) is 5.28. The van der Waals surface area contributed by atoms with Crippen molar-refractivity contribution in [3.05, 3.63) is 46.3 Å². The van der Waals surface area contributed by atoms with Gasteiger partial charge in [0.05, 0.1) is 11.1 Å². The van der Waals surface area contributed by atoms with Crippen molar-refractivity contribution in [3.63, 3.8) is 0 Å². The molecule has 100 valence electrons. The lowest BCUT2D eigenvalue weighted by molar-refractivity contribution is -0.137. The van der Waals surface area contributed by atoms with Gasteiger partial charge in [-0.25, -0.2) is 4.79 Å². The zero-order valence-electron chi connectivity index (χ0n) is 9.78. The molecule has 1 heterocycles. The topological polar surface area (TPSA) is 37.3 Å². The van der Waals surface area contributed by atoms with Crippen molar-refractivity contribution in [1.82, 2.24) is 0 Å². The van der Waals surface area contributed by atoms with E-state index < -0.39 is 17.7 Å². The number of hydrogen-bond acceptors (Lipinski definition) is 2. The van der Waals surface area contributed by atoms with E-state index in [9.17, 15) is 18.0 Å². The highest BCUT2D eigenvalue weighted by Crippen LogP contribution is 2.35. The predicted octanol–water partition coefficient (Wildman–Crippen LogP) is 4.44. The molecule has 2 aromatic rings. The van der Waals surface area contributed by atoms with Crippen molar-refractivity contribution < 1.29 is 23.1 Å². The minimum Gasteiger partial charge on any atom is -0.478 e. The van der Waals surface area contributed by atoms with Crippen LogP contribution in [0.15, 0.2) is 29.6 Å². The summed E-state index contributed by atoms with van der Waals surface area (Å²) in [5.74, 6) is -1.37. The summed E-state index contributed by atoms with van der Waals surface area (Å²) >= 11 is 1.28. The maximum absolute atomic E-state index is 12.7. The van der Waals surface area contributed by atoms with Gasteiger partial charge in [-0.05, 0) is 47.7 Å². The van der Waals surface area contributed by atoms with E-state index in [4.69, 9.17) is 5.11 Å². The lowest BCUT2D eigenvalue weighted by Gasteiger charge is -2.09. The van der Waals surface area contributed by atoms with Gasteiger partial charge < -0.3 is 5.11 Å². The third-order valence-electron chi connectivity index (χ3n) is 2.52. The van der Waals surface area contributed by atoms with Gasteiger partial charge in [0.25, 0.3) is 0 Å². The first-order valence-corrected chi connectivity index (χ1v) is 6.16. The molecule has 0 aliphatic rings. The second-order valence-electron chi connectivity index (χ2n) is 4.09. The highest BCUT2D eigenvalue weighted by molar-refractivity contribution is 7.13. The Bertz CT molecular complexity index is 629. The molecule has 2 rings (SSSR count). The molecule has 0 saturated carbocycles. The van der Waals surface area contributed by atoms with Gasteiger partial charge in [0.15, 0.2) is 0 Å². The van der Waals surface area contributed by atoms with E-state index in [1.54, 1.807) is 11.4 Å². The molecule has 1 N–H and O–H groups in total. The van der Waals surface area contributed by atoms with Gasteiger partial charge in [-0.1, -0.05) is 0 Å². The summed E-state index contributed by atoms with van der Waals surface area (Å²) in [6.45, 7) is 1.83. The number of halogens is 3. The van der Waals surface area contributed by atoms with Gasteiger partial charge in [0, 0.05) is 4.88 Å². The Morgan fingerprint density at radius 1 is 1.21 bits per heavy atom. The summed E-state index contributed by atoms with van der Waals surface area (Å²) in [5.41, 5.74) is -0.121. The number of rotatable bonds is 2. The third kappa shape index (κ3) is 2.96. The summed E-state index contributed by atoms with van der Waals surface area (Å²) in [6.07, 6.45) is -4.56. The number of hydrogen-bond donors (Lipinski definition) is 1. The first kappa shape index (κ1) is 13.6. The highest BCUT2D eigenvalue weighted by Gasteiger charge is 2.32. The number of carboxylic acids is 1. The molecule has 0 atom stereocenters. The van der Waals surface area contributed by atoms with Crippen LogP contribution in [-0.4, -0.2) is 11.1 Å². The van der Waals surface area contributed by atoms with Gasteiger partial charge in [-0.15, -0.1) is 11.3 Å². The van der Waals surface area contributed by atoms with E-state index in [0.29, 0.717) is 10.9 Å². The average Bonchev–Trinajstić information content (AvgIpc) is 2.74. The lowest BCUT2D eigenvalue weighted by atomic mass is 10.0. The van der Waals surface area contributed by atoms with Crippen LogP contribution in [0.5, 0.6) is 0 Å². The smallest absolute Gasteiger partial charge is 0.416 e. The predicted molar refractivity (Wildman–Crippen MR) is 66.5 cm³/mol. The van der Waals surface area contributed by atoms with Gasteiger partial charge in [-0.3, -0.25) is 0 Å². The van der Waals surface area contributed by atoms with E-state index in [0.717, 1.165) is 11.6 Å². The van der Waals surface area contributed by atoms with E-state index in [-0.39, 0.29) is 11.1 Å². The molecule has 6 heteroatoms. The summed E-state index contributed by atoms with van der Waals surface area (Å²) in [7, 11) is 0. The fraction of sp³-hybridized carbons (Fsp3) is 0.154. The molecule has 0 saturated heterocycles. The van der Waals surface area contributed by atoms with Gasteiger partial charge in [-0.2, -0.15) is 13.2 Å². The van der Waals surface area contributed by atoms with Crippen molar-refractivity contribution in [3.8, 4) is 10.4 Å². The van der Waals surface area contributed by atoms with Gasteiger partial charge in [0.1, 0.15) is 0 Å². The lowest BCUT2D eigenvalue weighted by Crippen LogP contribution is -2.07. The molecule has 0 aliphatic heterocycles. The molecule has 0 aliphatic carbocycles. The molecule has 0 amide bonds. The standard InChI is InChI=1S/C13H9F3O2S/c1-7-2-11(19-6-7)8-3-9(12(17)18)5-10(4-8)13(14,15)16/h2-6H,1H3,(H,17,18). The third-order valence-corrected chi connectivity index (χ3v) is 3.62. The zero-order valence-corrected chi connectivity index (χ0v) is 10.6. The molecular weight excluding hydrogens is 277 g/mol. The second-order valence-corrected chi connectivity index (χ2v) is 5.00. The largest absolute Gasteiger partial charge is 0.478 e. The van der Waals surface area contributed by atoms with Gasteiger partial charge in [0.2, 0.25) is 0 Å². The molecule has 2 nitrogen and oxygen atoms in total. The Morgan fingerprint density at radius 2 is 1.89 bits per heavy atom. The molecule has 0 bridgehead atoms. The Morgan fingerprint density at radius 3 is 2.37 bits per heavy atom. The van der Waals surface area contributed by atoms with Crippen molar-refractivity contribution in [2.45, 2.75) is 13.1 Å². The monoisotopic (exact) mass is 286 g/mol.